The topological polar surface area (TPSA) is 65.1 Å². The molecule has 0 atom stereocenters. The Morgan fingerprint density at radius 1 is 1.10 bits per heavy atom. The Morgan fingerprint density at radius 2 is 1.67 bits per heavy atom. The van der Waals surface area contributed by atoms with Crippen LogP contribution in [0.5, 0.6) is 11.5 Å². The SMILES string of the molecule is CCOc1ccc(OCC(=O)N(C)CCC(=O)OC)cc1. The summed E-state index contributed by atoms with van der Waals surface area (Å²) < 4.78 is 15.2. The number of rotatable bonds is 8. The highest BCUT2D eigenvalue weighted by molar-refractivity contribution is 5.78. The normalized spacial score (nSPS) is 9.86. The number of hydrogen-bond donors (Lipinski definition) is 0. The summed E-state index contributed by atoms with van der Waals surface area (Å²) in [5.74, 6) is 0.800. The highest BCUT2D eigenvalue weighted by Gasteiger charge is 2.11. The quantitative estimate of drug-likeness (QED) is 0.680. The summed E-state index contributed by atoms with van der Waals surface area (Å²) in [6.45, 7) is 2.74. The van der Waals surface area contributed by atoms with Gasteiger partial charge in [0.1, 0.15) is 11.5 Å². The number of hydrogen-bond acceptors (Lipinski definition) is 5. The zero-order valence-electron chi connectivity index (χ0n) is 12.6. The molecule has 6 nitrogen and oxygen atoms in total. The van der Waals surface area contributed by atoms with Crippen LogP contribution in [0.3, 0.4) is 0 Å². The van der Waals surface area contributed by atoms with Crippen LogP contribution in [0.15, 0.2) is 24.3 Å². The number of likely N-dealkylation sites (N-methyl/N-ethyl adjacent to an activating group) is 1. The molecule has 0 aromatic heterocycles. The molecule has 1 aromatic carbocycles. The van der Waals surface area contributed by atoms with E-state index in [4.69, 9.17) is 9.47 Å². The van der Waals surface area contributed by atoms with Gasteiger partial charge in [0.25, 0.3) is 5.91 Å². The molecular formula is C15H21NO5. The number of carbonyl (C=O) groups is 2. The van der Waals surface area contributed by atoms with Gasteiger partial charge in [-0.15, -0.1) is 0 Å². The second-order valence-corrected chi connectivity index (χ2v) is 4.33. The fraction of sp³-hybridized carbons (Fsp3) is 0.467. The first kappa shape index (κ1) is 16.8. The molecule has 0 heterocycles. The van der Waals surface area contributed by atoms with Crippen LogP contribution in [-0.4, -0.2) is 50.7 Å². The lowest BCUT2D eigenvalue weighted by atomic mass is 10.3. The maximum absolute atomic E-state index is 11.8. The zero-order valence-corrected chi connectivity index (χ0v) is 12.6. The first-order valence-corrected chi connectivity index (χ1v) is 6.73. The van der Waals surface area contributed by atoms with E-state index in [1.54, 1.807) is 31.3 Å². The fourth-order valence-corrected chi connectivity index (χ4v) is 1.54. The van der Waals surface area contributed by atoms with Gasteiger partial charge in [0.2, 0.25) is 0 Å². The molecule has 1 amide bonds. The van der Waals surface area contributed by atoms with E-state index < -0.39 is 0 Å². The number of ether oxygens (including phenoxy) is 3. The Labute approximate surface area is 124 Å². The number of esters is 1. The van der Waals surface area contributed by atoms with Gasteiger partial charge in [-0.2, -0.15) is 0 Å². The second-order valence-electron chi connectivity index (χ2n) is 4.33. The fourth-order valence-electron chi connectivity index (χ4n) is 1.54. The highest BCUT2D eigenvalue weighted by Crippen LogP contribution is 2.17. The van der Waals surface area contributed by atoms with Crippen molar-refractivity contribution in [3.8, 4) is 11.5 Å². The third-order valence-electron chi connectivity index (χ3n) is 2.80. The summed E-state index contributed by atoms with van der Waals surface area (Å²) in [7, 11) is 2.94. The average molecular weight is 295 g/mol. The lowest BCUT2D eigenvalue weighted by Crippen LogP contribution is -2.33. The number of carbonyl (C=O) groups excluding carboxylic acids is 2. The Hall–Kier alpha value is -2.24. The number of nitrogens with zero attached hydrogens (tertiary/aromatic N) is 1. The molecule has 0 unspecified atom stereocenters. The van der Waals surface area contributed by atoms with Crippen molar-refractivity contribution in [2.24, 2.45) is 0 Å². The lowest BCUT2D eigenvalue weighted by Gasteiger charge is -2.16. The van der Waals surface area contributed by atoms with E-state index in [1.165, 1.54) is 12.0 Å². The molecule has 0 aliphatic rings. The number of amides is 1. The Kier molecular flexibility index (Phi) is 7.08. The van der Waals surface area contributed by atoms with Crippen LogP contribution in [0.4, 0.5) is 0 Å². The maximum atomic E-state index is 11.8. The van der Waals surface area contributed by atoms with Crippen molar-refractivity contribution in [2.45, 2.75) is 13.3 Å². The van der Waals surface area contributed by atoms with Gasteiger partial charge in [0, 0.05) is 13.6 Å². The summed E-state index contributed by atoms with van der Waals surface area (Å²) >= 11 is 0. The predicted molar refractivity (Wildman–Crippen MR) is 77.4 cm³/mol. The van der Waals surface area contributed by atoms with Crippen LogP contribution < -0.4 is 9.47 Å². The van der Waals surface area contributed by atoms with Crippen molar-refractivity contribution in [1.82, 2.24) is 4.90 Å². The van der Waals surface area contributed by atoms with Gasteiger partial charge in [0.15, 0.2) is 6.61 Å². The van der Waals surface area contributed by atoms with Crippen molar-refractivity contribution in [1.29, 1.82) is 0 Å². The molecule has 1 rings (SSSR count). The van der Waals surface area contributed by atoms with Crippen LogP contribution in [0, 0.1) is 0 Å². The maximum Gasteiger partial charge on any atom is 0.307 e. The van der Waals surface area contributed by atoms with Crippen molar-refractivity contribution < 1.29 is 23.8 Å². The summed E-state index contributed by atoms with van der Waals surface area (Å²) in [5.41, 5.74) is 0. The van der Waals surface area contributed by atoms with Crippen molar-refractivity contribution >= 4 is 11.9 Å². The molecule has 6 heteroatoms. The van der Waals surface area contributed by atoms with Gasteiger partial charge in [-0.3, -0.25) is 9.59 Å². The van der Waals surface area contributed by atoms with Crippen molar-refractivity contribution in [2.75, 3.05) is 33.9 Å². The van der Waals surface area contributed by atoms with E-state index in [0.29, 0.717) is 18.9 Å². The molecule has 0 radical (unpaired) electrons. The van der Waals surface area contributed by atoms with Gasteiger partial charge in [-0.1, -0.05) is 0 Å². The van der Waals surface area contributed by atoms with Crippen molar-refractivity contribution in [3.63, 3.8) is 0 Å². The Balaban J connectivity index is 2.36. The van der Waals surface area contributed by atoms with Crippen molar-refractivity contribution in [3.05, 3.63) is 24.3 Å². The van der Waals surface area contributed by atoms with E-state index in [1.807, 2.05) is 6.92 Å². The summed E-state index contributed by atoms with van der Waals surface area (Å²) in [6.07, 6.45) is 0.168. The zero-order chi connectivity index (χ0) is 15.7. The summed E-state index contributed by atoms with van der Waals surface area (Å²) in [4.78, 5) is 24.2. The molecule has 0 aliphatic heterocycles. The van der Waals surface area contributed by atoms with Gasteiger partial charge in [0.05, 0.1) is 20.1 Å². The molecule has 0 aliphatic carbocycles. The summed E-state index contributed by atoms with van der Waals surface area (Å²) in [6, 6.07) is 7.05. The minimum atomic E-state index is -0.345. The van der Waals surface area contributed by atoms with E-state index in [9.17, 15) is 9.59 Å². The standard InChI is InChI=1S/C15H21NO5/c1-4-20-12-5-7-13(8-6-12)21-11-14(17)16(2)10-9-15(18)19-3/h5-8H,4,9-11H2,1-3H3. The van der Waals surface area contributed by atoms with E-state index >= 15 is 0 Å². The van der Waals surface area contributed by atoms with Crippen LogP contribution in [-0.2, 0) is 14.3 Å². The molecule has 116 valence electrons. The van der Waals surface area contributed by atoms with Crippen LogP contribution in [0.2, 0.25) is 0 Å². The lowest BCUT2D eigenvalue weighted by molar-refractivity contribution is -0.141. The first-order chi connectivity index (χ1) is 10.1. The smallest absolute Gasteiger partial charge is 0.307 e. The molecule has 0 N–H and O–H groups in total. The van der Waals surface area contributed by atoms with Gasteiger partial charge < -0.3 is 19.1 Å². The minimum absolute atomic E-state index is 0.0777. The number of benzene rings is 1. The molecular weight excluding hydrogens is 274 g/mol. The second kappa shape index (κ2) is 8.84. The number of methoxy groups -OCH3 is 1. The molecule has 0 saturated carbocycles. The minimum Gasteiger partial charge on any atom is -0.494 e. The van der Waals surface area contributed by atoms with Crippen LogP contribution >= 0.6 is 0 Å². The molecule has 0 saturated heterocycles. The third-order valence-corrected chi connectivity index (χ3v) is 2.80. The van der Waals surface area contributed by atoms with E-state index in [-0.39, 0.29) is 24.9 Å². The van der Waals surface area contributed by atoms with Crippen LogP contribution in [0.1, 0.15) is 13.3 Å². The Morgan fingerprint density at radius 3 is 2.19 bits per heavy atom. The van der Waals surface area contributed by atoms with Crippen LogP contribution in [0.25, 0.3) is 0 Å². The first-order valence-electron chi connectivity index (χ1n) is 6.73. The average Bonchev–Trinajstić information content (AvgIpc) is 2.51. The molecule has 21 heavy (non-hydrogen) atoms. The van der Waals surface area contributed by atoms with E-state index in [0.717, 1.165) is 5.75 Å². The van der Waals surface area contributed by atoms with Gasteiger partial charge in [-0.25, -0.2) is 0 Å². The van der Waals surface area contributed by atoms with Gasteiger partial charge >= 0.3 is 5.97 Å². The van der Waals surface area contributed by atoms with E-state index in [2.05, 4.69) is 4.74 Å². The molecule has 0 spiro atoms. The molecule has 0 bridgehead atoms. The monoisotopic (exact) mass is 295 g/mol. The highest BCUT2D eigenvalue weighted by atomic mass is 16.5. The predicted octanol–water partition coefficient (Wildman–Crippen LogP) is 1.49. The third kappa shape index (κ3) is 6.16. The largest absolute Gasteiger partial charge is 0.494 e. The summed E-state index contributed by atoms with van der Waals surface area (Å²) in [5, 5.41) is 0. The van der Waals surface area contributed by atoms with Gasteiger partial charge in [-0.05, 0) is 31.2 Å². The molecule has 0 fully saturated rings. The Bertz CT molecular complexity index is 458. The molecule has 1 aromatic rings.